The van der Waals surface area contributed by atoms with Crippen molar-refractivity contribution >= 4 is 11.6 Å². The van der Waals surface area contributed by atoms with Gasteiger partial charge in [0.05, 0.1) is 17.3 Å². The molecule has 6 heteroatoms. The van der Waals surface area contributed by atoms with Crippen LogP contribution in [0, 0.1) is 11.3 Å². The summed E-state index contributed by atoms with van der Waals surface area (Å²) in [6, 6.07) is 10.7. The number of nitrogens with zero attached hydrogens (tertiary/aromatic N) is 3. The van der Waals surface area contributed by atoms with Crippen molar-refractivity contribution in [3.63, 3.8) is 0 Å². The zero-order valence-corrected chi connectivity index (χ0v) is 12.5. The highest BCUT2D eigenvalue weighted by atomic mass is 16.1. The second-order valence-corrected chi connectivity index (χ2v) is 5.58. The Hall–Kier alpha value is -2.78. The summed E-state index contributed by atoms with van der Waals surface area (Å²) in [5, 5.41) is 12.9. The van der Waals surface area contributed by atoms with Crippen LogP contribution in [0.15, 0.2) is 36.5 Å². The highest BCUT2D eigenvalue weighted by Crippen LogP contribution is 2.31. The number of pyridine rings is 2. The van der Waals surface area contributed by atoms with Gasteiger partial charge in [0.2, 0.25) is 5.78 Å². The maximum absolute atomic E-state index is 12.6. The van der Waals surface area contributed by atoms with Gasteiger partial charge in [-0.1, -0.05) is 6.07 Å². The van der Waals surface area contributed by atoms with E-state index in [-0.39, 0.29) is 22.9 Å². The third kappa shape index (κ3) is 2.79. The molecular weight excluding hydrogens is 290 g/mol. The highest BCUT2D eigenvalue weighted by molar-refractivity contribution is 6.10. The summed E-state index contributed by atoms with van der Waals surface area (Å²) in [5.41, 5.74) is 8.19. The lowest BCUT2D eigenvalue weighted by Crippen LogP contribution is -2.39. The Morgan fingerprint density at radius 3 is 2.74 bits per heavy atom. The first-order valence-electron chi connectivity index (χ1n) is 7.47. The van der Waals surface area contributed by atoms with Crippen molar-refractivity contribution in [2.75, 3.05) is 13.1 Å². The summed E-state index contributed by atoms with van der Waals surface area (Å²) in [4.78, 5) is 20.8. The number of piperidine rings is 1. The summed E-state index contributed by atoms with van der Waals surface area (Å²) in [5.74, 6) is -0.409. The zero-order valence-electron chi connectivity index (χ0n) is 12.5. The predicted molar refractivity (Wildman–Crippen MR) is 84.1 cm³/mol. The standard InChI is InChI=1S/C17H16N5O/c18-11-17(6-9-20-10-7-17)14-5-1-4-13(22-14)15(23)12-3-2-8-21-16(12)19/h1-5,8,19-20H,6-7,9-10H2. The van der Waals surface area contributed by atoms with Gasteiger partial charge in [-0.3, -0.25) is 10.5 Å². The van der Waals surface area contributed by atoms with E-state index in [1.807, 2.05) is 0 Å². The van der Waals surface area contributed by atoms with Crippen LogP contribution >= 0.6 is 0 Å². The summed E-state index contributed by atoms with van der Waals surface area (Å²) >= 11 is 0. The maximum Gasteiger partial charge on any atom is 0.215 e. The highest BCUT2D eigenvalue weighted by Gasteiger charge is 2.35. The van der Waals surface area contributed by atoms with Crippen molar-refractivity contribution in [2.24, 2.45) is 0 Å². The van der Waals surface area contributed by atoms with Crippen LogP contribution in [0.4, 0.5) is 5.82 Å². The second-order valence-electron chi connectivity index (χ2n) is 5.58. The minimum absolute atomic E-state index is 0.0680. The molecule has 0 amide bonds. The van der Waals surface area contributed by atoms with Gasteiger partial charge in [0, 0.05) is 6.20 Å². The van der Waals surface area contributed by atoms with Crippen LogP contribution in [0.25, 0.3) is 0 Å². The SMILES string of the molecule is N#CC1(c2cccc(C(=O)c3cccnc3[NH])n2)CCNCC1. The van der Waals surface area contributed by atoms with Gasteiger partial charge in [-0.2, -0.15) is 5.26 Å². The fourth-order valence-corrected chi connectivity index (χ4v) is 2.83. The van der Waals surface area contributed by atoms with Crippen molar-refractivity contribution < 1.29 is 4.79 Å². The van der Waals surface area contributed by atoms with Crippen molar-refractivity contribution in [1.82, 2.24) is 21.0 Å². The van der Waals surface area contributed by atoms with E-state index in [1.165, 1.54) is 6.20 Å². The Morgan fingerprint density at radius 2 is 2.04 bits per heavy atom. The molecule has 6 nitrogen and oxygen atoms in total. The van der Waals surface area contributed by atoms with E-state index < -0.39 is 5.41 Å². The molecule has 0 aromatic carbocycles. The van der Waals surface area contributed by atoms with E-state index in [2.05, 4.69) is 21.4 Å². The Bertz CT molecular complexity index is 775. The molecule has 0 bridgehead atoms. The van der Waals surface area contributed by atoms with Crippen molar-refractivity contribution in [1.29, 1.82) is 5.26 Å². The first kappa shape index (κ1) is 15.1. The van der Waals surface area contributed by atoms with E-state index in [4.69, 9.17) is 5.73 Å². The minimum atomic E-state index is -0.653. The molecule has 2 aromatic heterocycles. The van der Waals surface area contributed by atoms with Crippen LogP contribution < -0.4 is 11.1 Å². The lowest BCUT2D eigenvalue weighted by molar-refractivity contribution is 0.103. The average molecular weight is 306 g/mol. The van der Waals surface area contributed by atoms with E-state index in [0.717, 1.165) is 13.1 Å². The van der Waals surface area contributed by atoms with Crippen LogP contribution in [-0.4, -0.2) is 28.8 Å². The number of carbonyl (C=O) groups excluding carboxylic acids is 1. The Labute approximate surface area is 134 Å². The molecular formula is C17H16N5O. The molecule has 1 aliphatic rings. The molecule has 2 N–H and O–H groups in total. The quantitative estimate of drug-likeness (QED) is 0.870. The van der Waals surface area contributed by atoms with Crippen LogP contribution in [-0.2, 0) is 5.41 Å². The number of ketones is 1. The number of hydrogen-bond donors (Lipinski definition) is 1. The van der Waals surface area contributed by atoms with Gasteiger partial charge in [-0.25, -0.2) is 9.97 Å². The number of rotatable bonds is 3. The first-order chi connectivity index (χ1) is 11.2. The Balaban J connectivity index is 1.99. The molecule has 0 saturated carbocycles. The lowest BCUT2D eigenvalue weighted by atomic mass is 9.77. The largest absolute Gasteiger partial charge is 0.317 e. The smallest absolute Gasteiger partial charge is 0.215 e. The van der Waals surface area contributed by atoms with E-state index in [1.54, 1.807) is 30.3 Å². The average Bonchev–Trinajstić information content (AvgIpc) is 2.62. The summed E-state index contributed by atoms with van der Waals surface area (Å²) in [7, 11) is 0. The molecule has 1 fully saturated rings. The molecule has 0 unspecified atom stereocenters. The fraction of sp³-hybridized carbons (Fsp3) is 0.294. The van der Waals surface area contributed by atoms with E-state index in [0.29, 0.717) is 18.5 Å². The van der Waals surface area contributed by atoms with Crippen LogP contribution in [0.1, 0.15) is 34.6 Å². The Morgan fingerprint density at radius 1 is 1.26 bits per heavy atom. The number of nitriles is 1. The van der Waals surface area contributed by atoms with Crippen LogP contribution in [0.5, 0.6) is 0 Å². The lowest BCUT2D eigenvalue weighted by Gasteiger charge is -2.30. The fourth-order valence-electron chi connectivity index (χ4n) is 2.83. The number of hydrogen-bond acceptors (Lipinski definition) is 5. The van der Waals surface area contributed by atoms with Gasteiger partial charge in [-0.15, -0.1) is 0 Å². The summed E-state index contributed by atoms with van der Waals surface area (Å²) < 4.78 is 0. The third-order valence-electron chi connectivity index (χ3n) is 4.20. The Kier molecular flexibility index (Phi) is 4.04. The molecule has 0 aliphatic carbocycles. The second kappa shape index (κ2) is 6.15. The van der Waals surface area contributed by atoms with E-state index >= 15 is 0 Å². The van der Waals surface area contributed by atoms with E-state index in [9.17, 15) is 10.1 Å². The third-order valence-corrected chi connectivity index (χ3v) is 4.20. The molecule has 3 rings (SSSR count). The molecule has 1 aliphatic heterocycles. The predicted octanol–water partition coefficient (Wildman–Crippen LogP) is 1.77. The van der Waals surface area contributed by atoms with Gasteiger partial charge in [0.1, 0.15) is 11.1 Å². The normalized spacial score (nSPS) is 16.5. The van der Waals surface area contributed by atoms with Gasteiger partial charge in [0.15, 0.2) is 5.82 Å². The number of aromatic nitrogens is 2. The first-order valence-corrected chi connectivity index (χ1v) is 7.47. The topological polar surface area (TPSA) is 102 Å². The zero-order chi connectivity index (χ0) is 16.3. The molecule has 0 atom stereocenters. The van der Waals surface area contributed by atoms with Gasteiger partial charge >= 0.3 is 0 Å². The summed E-state index contributed by atoms with van der Waals surface area (Å²) in [6.07, 6.45) is 2.82. The molecule has 1 saturated heterocycles. The molecule has 3 heterocycles. The van der Waals surface area contributed by atoms with Crippen molar-refractivity contribution in [3.05, 3.63) is 53.5 Å². The molecule has 115 valence electrons. The van der Waals surface area contributed by atoms with Crippen molar-refractivity contribution in [3.8, 4) is 6.07 Å². The van der Waals surface area contributed by atoms with Gasteiger partial charge in [-0.05, 0) is 50.2 Å². The number of carbonyl (C=O) groups is 1. The molecule has 2 aromatic rings. The molecule has 23 heavy (non-hydrogen) atoms. The molecule has 1 radical (unpaired) electrons. The monoisotopic (exact) mass is 306 g/mol. The number of nitrogens with one attached hydrogen (secondary N) is 2. The van der Waals surface area contributed by atoms with Gasteiger partial charge in [0.25, 0.3) is 0 Å². The van der Waals surface area contributed by atoms with Gasteiger partial charge < -0.3 is 5.32 Å². The summed E-state index contributed by atoms with van der Waals surface area (Å²) in [6.45, 7) is 1.51. The maximum atomic E-state index is 12.6. The van der Waals surface area contributed by atoms with Crippen LogP contribution in [0.2, 0.25) is 0 Å². The van der Waals surface area contributed by atoms with Crippen molar-refractivity contribution in [2.45, 2.75) is 18.3 Å². The molecule has 0 spiro atoms. The minimum Gasteiger partial charge on any atom is -0.317 e. The van der Waals surface area contributed by atoms with Crippen LogP contribution in [0.3, 0.4) is 0 Å².